The monoisotopic (exact) mass is 799 g/mol. The molecule has 0 bridgehead atoms. The largest absolute Gasteiger partial charge is 0.748 e. The second kappa shape index (κ2) is 9.37. The average Bonchev–Trinajstić information content (AvgIpc) is 2.46. The SMILES string of the molecule is CC(=O)Nc1c(I)cc(I)c(C(=O)NC(CS(=O)(=O)[O-])(C(F)(F)F)C(F)(F)F)c1I. The third-order valence-corrected chi connectivity index (χ3v) is 6.95. The lowest BCUT2D eigenvalue weighted by Crippen LogP contribution is -2.70. The maximum Gasteiger partial charge on any atom is 0.421 e. The van der Waals surface area contributed by atoms with Crippen LogP contribution < -0.4 is 10.6 Å². The fraction of sp³-hybridized carbons (Fsp3) is 0.385. The third kappa shape index (κ3) is 6.21. The van der Waals surface area contributed by atoms with E-state index in [2.05, 4.69) is 5.32 Å². The first-order valence-corrected chi connectivity index (χ1v) is 11.9. The summed E-state index contributed by atoms with van der Waals surface area (Å²) in [5, 5.41) is 2.97. The molecular weight excluding hydrogens is 791 g/mol. The van der Waals surface area contributed by atoms with Crippen LogP contribution in [0.15, 0.2) is 6.07 Å². The van der Waals surface area contributed by atoms with Gasteiger partial charge in [-0.15, -0.1) is 0 Å². The van der Waals surface area contributed by atoms with Crippen LogP contribution in [0, 0.1) is 10.7 Å². The van der Waals surface area contributed by atoms with E-state index in [1.54, 1.807) is 22.6 Å². The first-order valence-electron chi connectivity index (χ1n) is 7.08. The maximum absolute atomic E-state index is 13.4. The van der Waals surface area contributed by atoms with Gasteiger partial charge >= 0.3 is 12.4 Å². The Bertz CT molecular complexity index is 967. The second-order valence-corrected chi connectivity index (χ2v) is 10.4. The lowest BCUT2D eigenvalue weighted by molar-refractivity contribution is -0.296. The summed E-state index contributed by atoms with van der Waals surface area (Å²) in [6, 6.07) is 1.21. The molecular formula is C13H8F6I3N2O5S-. The number of hydrogen-bond acceptors (Lipinski definition) is 5. The molecule has 1 aromatic rings. The Labute approximate surface area is 206 Å². The number of amides is 2. The van der Waals surface area contributed by atoms with Crippen molar-refractivity contribution in [1.82, 2.24) is 5.32 Å². The van der Waals surface area contributed by atoms with E-state index in [1.165, 1.54) is 51.2 Å². The lowest BCUT2D eigenvalue weighted by atomic mass is 9.99. The van der Waals surface area contributed by atoms with Crippen molar-refractivity contribution in [3.63, 3.8) is 0 Å². The van der Waals surface area contributed by atoms with Crippen LogP contribution in [0.3, 0.4) is 0 Å². The fourth-order valence-electron chi connectivity index (χ4n) is 2.11. The van der Waals surface area contributed by atoms with Crippen LogP contribution in [-0.2, 0) is 14.9 Å². The van der Waals surface area contributed by atoms with Crippen molar-refractivity contribution >= 4 is 95.4 Å². The van der Waals surface area contributed by atoms with Crippen molar-refractivity contribution in [2.75, 3.05) is 11.1 Å². The number of hydrogen-bond donors (Lipinski definition) is 2. The molecule has 0 aliphatic rings. The van der Waals surface area contributed by atoms with Gasteiger partial charge in [-0.2, -0.15) is 26.3 Å². The van der Waals surface area contributed by atoms with Crippen molar-refractivity contribution in [3.05, 3.63) is 22.3 Å². The Morgan fingerprint density at radius 1 is 1.03 bits per heavy atom. The van der Waals surface area contributed by atoms with E-state index in [-0.39, 0.29) is 12.8 Å². The van der Waals surface area contributed by atoms with E-state index in [0.29, 0.717) is 8.89 Å². The van der Waals surface area contributed by atoms with E-state index < -0.39 is 51.1 Å². The van der Waals surface area contributed by atoms with Crippen LogP contribution in [-0.4, -0.2) is 48.4 Å². The van der Waals surface area contributed by atoms with Crippen LogP contribution in [0.1, 0.15) is 17.3 Å². The van der Waals surface area contributed by atoms with Gasteiger partial charge in [0.05, 0.1) is 30.7 Å². The fourth-order valence-corrected chi connectivity index (χ4v) is 7.17. The van der Waals surface area contributed by atoms with Gasteiger partial charge in [-0.1, -0.05) is 0 Å². The van der Waals surface area contributed by atoms with Gasteiger partial charge in [0.25, 0.3) is 5.91 Å². The molecule has 7 nitrogen and oxygen atoms in total. The molecule has 17 heteroatoms. The van der Waals surface area contributed by atoms with Crippen molar-refractivity contribution in [3.8, 4) is 0 Å². The average molecular weight is 799 g/mol. The number of nitrogens with one attached hydrogen (secondary N) is 2. The first-order chi connectivity index (χ1) is 13.2. The molecule has 0 spiro atoms. The summed E-state index contributed by atoms with van der Waals surface area (Å²) in [4.78, 5) is 23.8. The lowest BCUT2D eigenvalue weighted by Gasteiger charge is -2.38. The molecule has 0 aliphatic carbocycles. The summed E-state index contributed by atoms with van der Waals surface area (Å²) in [6.07, 6.45) is -12.8. The minimum Gasteiger partial charge on any atom is -0.748 e. The molecule has 0 heterocycles. The number of benzene rings is 1. The van der Waals surface area contributed by atoms with Crippen LogP contribution in [0.5, 0.6) is 0 Å². The summed E-state index contributed by atoms with van der Waals surface area (Å²) in [5.74, 6) is -5.56. The highest BCUT2D eigenvalue weighted by Gasteiger charge is 2.72. The molecule has 0 aromatic heterocycles. The predicted molar refractivity (Wildman–Crippen MR) is 116 cm³/mol. The first kappa shape index (κ1) is 27.9. The van der Waals surface area contributed by atoms with Gasteiger partial charge in [-0.3, -0.25) is 9.59 Å². The zero-order chi connectivity index (χ0) is 23.9. The van der Waals surface area contributed by atoms with E-state index >= 15 is 0 Å². The highest BCUT2D eigenvalue weighted by molar-refractivity contribution is 14.1. The molecule has 0 radical (unpaired) electrons. The van der Waals surface area contributed by atoms with Crippen molar-refractivity contribution in [2.24, 2.45) is 0 Å². The molecule has 0 atom stereocenters. The molecule has 0 aliphatic heterocycles. The third-order valence-electron chi connectivity index (χ3n) is 3.39. The topological polar surface area (TPSA) is 115 Å². The Kier molecular flexibility index (Phi) is 8.71. The normalized spacial score (nSPS) is 13.2. The van der Waals surface area contributed by atoms with Gasteiger partial charge in [-0.25, -0.2) is 8.42 Å². The Morgan fingerprint density at radius 2 is 1.50 bits per heavy atom. The van der Waals surface area contributed by atoms with Gasteiger partial charge in [0.1, 0.15) is 0 Å². The zero-order valence-corrected chi connectivity index (χ0v) is 21.4. The van der Waals surface area contributed by atoms with E-state index in [9.17, 15) is 48.9 Å². The minimum atomic E-state index is -6.38. The van der Waals surface area contributed by atoms with Crippen LogP contribution in [0.4, 0.5) is 32.0 Å². The summed E-state index contributed by atoms with van der Waals surface area (Å²) in [6.45, 7) is 1.08. The van der Waals surface area contributed by atoms with Gasteiger partial charge < -0.3 is 15.2 Å². The van der Waals surface area contributed by atoms with Crippen molar-refractivity contribution < 1.29 is 48.9 Å². The number of rotatable bonds is 5. The van der Waals surface area contributed by atoms with Crippen LogP contribution >= 0.6 is 67.8 Å². The highest BCUT2D eigenvalue weighted by Crippen LogP contribution is 2.44. The molecule has 0 saturated carbocycles. The summed E-state index contributed by atoms with van der Waals surface area (Å²) in [5.41, 5.74) is -6.07. The molecule has 2 N–H and O–H groups in total. The Hall–Kier alpha value is -0.160. The Balaban J connectivity index is 3.71. The van der Waals surface area contributed by atoms with Crippen LogP contribution in [0.25, 0.3) is 0 Å². The summed E-state index contributed by atoms with van der Waals surface area (Å²) >= 11 is 4.63. The summed E-state index contributed by atoms with van der Waals surface area (Å²) < 4.78 is 113. The number of carbonyl (C=O) groups is 2. The smallest absolute Gasteiger partial charge is 0.421 e. The summed E-state index contributed by atoms with van der Waals surface area (Å²) in [7, 11) is -6.09. The molecule has 30 heavy (non-hydrogen) atoms. The van der Waals surface area contributed by atoms with Gasteiger partial charge in [0, 0.05) is 14.1 Å². The molecule has 0 fully saturated rings. The Morgan fingerprint density at radius 3 is 1.87 bits per heavy atom. The molecule has 0 unspecified atom stereocenters. The number of halogens is 9. The minimum absolute atomic E-state index is 0.0460. The second-order valence-electron chi connectivity index (χ2n) is 5.64. The van der Waals surface area contributed by atoms with Crippen molar-refractivity contribution in [1.29, 1.82) is 0 Å². The van der Waals surface area contributed by atoms with Gasteiger partial charge in [0.15, 0.2) is 0 Å². The van der Waals surface area contributed by atoms with E-state index in [0.717, 1.165) is 6.92 Å². The molecule has 2 amide bonds. The molecule has 1 rings (SSSR count). The van der Waals surface area contributed by atoms with Crippen molar-refractivity contribution in [2.45, 2.75) is 24.8 Å². The molecule has 0 saturated heterocycles. The number of alkyl halides is 6. The molecule has 170 valence electrons. The standard InChI is InChI=1S/C13H9F6I3N2O5S/c1-4(25)23-9-6(21)2-5(20)7(8(9)22)10(26)24-11(12(14,15)16,13(17,18)19)3-30(27,28)29/h2H,3H2,1H3,(H,23,25)(H,24,26)(H,27,28,29)/p-1. The zero-order valence-electron chi connectivity index (χ0n) is 14.1. The van der Waals surface area contributed by atoms with E-state index in [4.69, 9.17) is 0 Å². The van der Waals surface area contributed by atoms with E-state index in [1.807, 2.05) is 0 Å². The van der Waals surface area contributed by atoms with Crippen LogP contribution in [0.2, 0.25) is 0 Å². The number of carbonyl (C=O) groups excluding carboxylic acids is 2. The highest BCUT2D eigenvalue weighted by atomic mass is 127. The van der Waals surface area contributed by atoms with Gasteiger partial charge in [-0.05, 0) is 73.8 Å². The molecule has 1 aromatic carbocycles. The quantitative estimate of drug-likeness (QED) is 0.269. The number of anilines is 1. The maximum atomic E-state index is 13.4. The predicted octanol–water partition coefficient (Wildman–Crippen LogP) is 3.60. The van der Waals surface area contributed by atoms with Gasteiger partial charge in [0.2, 0.25) is 11.4 Å².